The minimum atomic E-state index is -4.36. The number of nitro groups is 1. The Morgan fingerprint density at radius 3 is 2.52 bits per heavy atom. The number of amides is 1. The minimum Gasteiger partial charge on any atom is -0.443 e. The summed E-state index contributed by atoms with van der Waals surface area (Å²) < 4.78 is 30.8. The average molecular weight is 314 g/mol. The van der Waals surface area contributed by atoms with Crippen LogP contribution in [0.15, 0.2) is 29.2 Å². The lowest BCUT2D eigenvalue weighted by molar-refractivity contribution is -0.387. The molecule has 21 heavy (non-hydrogen) atoms. The highest BCUT2D eigenvalue weighted by molar-refractivity contribution is 7.90. The maximum atomic E-state index is 12.0. The minimum absolute atomic E-state index is 0.578. The molecule has 0 aliphatic heterocycles. The van der Waals surface area contributed by atoms with Crippen molar-refractivity contribution < 1.29 is 22.9 Å². The quantitative estimate of drug-likeness (QED) is 0.670. The summed E-state index contributed by atoms with van der Waals surface area (Å²) in [5, 5.41) is 10.8. The van der Waals surface area contributed by atoms with E-state index < -0.39 is 37.2 Å². The summed E-state index contributed by atoms with van der Waals surface area (Å²) in [4.78, 5) is 21.1. The number of rotatable bonds is 4. The second-order valence-electron chi connectivity index (χ2n) is 5.02. The fourth-order valence-corrected chi connectivity index (χ4v) is 3.07. The van der Waals surface area contributed by atoms with Crippen molar-refractivity contribution in [1.29, 1.82) is 0 Å². The highest BCUT2D eigenvalue weighted by Crippen LogP contribution is 2.35. The topological polar surface area (TPSA) is 116 Å². The van der Waals surface area contributed by atoms with Crippen molar-refractivity contribution in [2.75, 3.05) is 0 Å². The lowest BCUT2D eigenvalue weighted by Gasteiger charge is -2.37. The van der Waals surface area contributed by atoms with Crippen LogP contribution in [0.5, 0.6) is 0 Å². The Bertz CT molecular complexity index is 681. The van der Waals surface area contributed by atoms with E-state index in [4.69, 9.17) is 4.74 Å². The number of carbonyl (C=O) groups is 1. The number of ether oxygens (including phenoxy) is 1. The van der Waals surface area contributed by atoms with Gasteiger partial charge in [0.15, 0.2) is 4.90 Å². The van der Waals surface area contributed by atoms with E-state index in [2.05, 4.69) is 0 Å². The van der Waals surface area contributed by atoms with Gasteiger partial charge in [0.1, 0.15) is 5.60 Å². The molecule has 0 bridgehead atoms. The summed E-state index contributed by atoms with van der Waals surface area (Å²) >= 11 is 0. The van der Waals surface area contributed by atoms with Gasteiger partial charge in [-0.25, -0.2) is 17.9 Å². The number of nitro benzene ring substituents is 1. The van der Waals surface area contributed by atoms with Crippen molar-refractivity contribution in [3.8, 4) is 0 Å². The van der Waals surface area contributed by atoms with Crippen molar-refractivity contribution in [2.24, 2.45) is 0 Å². The SMILES string of the molecule is CC1(OC(=O)NS(=O)(=O)c2ccccc2[N+](=O)[O-])CCC1. The largest absolute Gasteiger partial charge is 0.443 e. The molecule has 1 fully saturated rings. The summed E-state index contributed by atoms with van der Waals surface area (Å²) in [5.41, 5.74) is -1.27. The highest BCUT2D eigenvalue weighted by Gasteiger charge is 2.37. The first-order valence-corrected chi connectivity index (χ1v) is 7.71. The van der Waals surface area contributed by atoms with Gasteiger partial charge in [-0.15, -0.1) is 0 Å². The lowest BCUT2D eigenvalue weighted by Crippen LogP contribution is -2.43. The fraction of sp³-hybridized carbons (Fsp3) is 0.417. The van der Waals surface area contributed by atoms with Crippen LogP contribution in [0, 0.1) is 10.1 Å². The van der Waals surface area contributed by atoms with Gasteiger partial charge in [0.05, 0.1) is 4.92 Å². The van der Waals surface area contributed by atoms with Gasteiger partial charge in [0.25, 0.3) is 15.7 Å². The Kier molecular flexibility index (Phi) is 3.86. The molecule has 0 atom stereocenters. The Hall–Kier alpha value is -2.16. The Balaban J connectivity index is 2.19. The third-order valence-corrected chi connectivity index (χ3v) is 4.68. The van der Waals surface area contributed by atoms with Gasteiger partial charge in [-0.1, -0.05) is 12.1 Å². The molecule has 0 spiro atoms. The van der Waals surface area contributed by atoms with Gasteiger partial charge < -0.3 is 4.74 Å². The van der Waals surface area contributed by atoms with Gasteiger partial charge >= 0.3 is 6.09 Å². The monoisotopic (exact) mass is 314 g/mol. The van der Waals surface area contributed by atoms with Crippen molar-refractivity contribution in [3.05, 3.63) is 34.4 Å². The average Bonchev–Trinajstić information content (AvgIpc) is 2.36. The number of nitrogens with one attached hydrogen (secondary N) is 1. The van der Waals surface area contributed by atoms with E-state index in [9.17, 15) is 23.3 Å². The van der Waals surface area contributed by atoms with Crippen LogP contribution >= 0.6 is 0 Å². The zero-order chi connectivity index (χ0) is 15.7. The molecule has 8 nitrogen and oxygen atoms in total. The van der Waals surface area contributed by atoms with Gasteiger partial charge in [0.2, 0.25) is 0 Å². The molecular weight excluding hydrogens is 300 g/mol. The maximum Gasteiger partial charge on any atom is 0.421 e. The second kappa shape index (κ2) is 5.32. The van der Waals surface area contributed by atoms with E-state index in [-0.39, 0.29) is 0 Å². The van der Waals surface area contributed by atoms with Crippen molar-refractivity contribution in [2.45, 2.75) is 36.7 Å². The molecule has 0 heterocycles. The van der Waals surface area contributed by atoms with Crippen LogP contribution in [0.2, 0.25) is 0 Å². The number of carbonyl (C=O) groups excluding carboxylic acids is 1. The molecule has 1 aromatic rings. The molecule has 2 rings (SSSR count). The zero-order valence-corrected chi connectivity index (χ0v) is 12.1. The van der Waals surface area contributed by atoms with Gasteiger partial charge in [-0.2, -0.15) is 0 Å². The third kappa shape index (κ3) is 3.30. The highest BCUT2D eigenvalue weighted by atomic mass is 32.2. The first-order chi connectivity index (χ1) is 9.73. The van der Waals surface area contributed by atoms with Crippen molar-refractivity contribution >= 4 is 21.8 Å². The molecule has 9 heteroatoms. The normalized spacial score (nSPS) is 16.6. The van der Waals surface area contributed by atoms with E-state index in [1.807, 2.05) is 0 Å². The lowest BCUT2D eigenvalue weighted by atomic mass is 9.82. The van der Waals surface area contributed by atoms with Crippen LogP contribution < -0.4 is 4.72 Å². The van der Waals surface area contributed by atoms with E-state index in [0.717, 1.165) is 18.6 Å². The maximum absolute atomic E-state index is 12.0. The van der Waals surface area contributed by atoms with Gasteiger partial charge in [-0.05, 0) is 32.3 Å². The number of para-hydroxylation sites is 1. The summed E-state index contributed by atoms with van der Waals surface area (Å²) in [6.45, 7) is 1.70. The Morgan fingerprint density at radius 1 is 1.38 bits per heavy atom. The molecule has 0 aromatic heterocycles. The molecule has 1 aromatic carbocycles. The predicted octanol–water partition coefficient (Wildman–Crippen LogP) is 1.95. The third-order valence-electron chi connectivity index (χ3n) is 3.32. The van der Waals surface area contributed by atoms with E-state index in [1.54, 1.807) is 11.6 Å². The predicted molar refractivity (Wildman–Crippen MR) is 72.2 cm³/mol. The van der Waals surface area contributed by atoms with Crippen LogP contribution in [0.1, 0.15) is 26.2 Å². The fourth-order valence-electron chi connectivity index (χ4n) is 2.02. The number of hydrogen-bond acceptors (Lipinski definition) is 6. The molecule has 1 saturated carbocycles. The smallest absolute Gasteiger partial charge is 0.421 e. The first kappa shape index (κ1) is 15.2. The summed E-state index contributed by atoms with van der Waals surface area (Å²) in [5.74, 6) is 0. The van der Waals surface area contributed by atoms with E-state index in [1.165, 1.54) is 12.1 Å². The molecule has 1 amide bonds. The Morgan fingerprint density at radius 2 is 2.00 bits per heavy atom. The van der Waals surface area contributed by atoms with Crippen LogP contribution in [0.4, 0.5) is 10.5 Å². The molecule has 1 aliphatic carbocycles. The standard InChI is InChI=1S/C12H14N2O6S/c1-12(7-4-8-12)20-11(15)13-21(18,19)10-6-3-2-5-9(10)14(16)17/h2-3,5-6H,4,7-8H2,1H3,(H,13,15). The van der Waals surface area contributed by atoms with Crippen LogP contribution in [0.25, 0.3) is 0 Å². The number of hydrogen-bond donors (Lipinski definition) is 1. The molecule has 114 valence electrons. The summed E-state index contributed by atoms with van der Waals surface area (Å²) in [7, 11) is -4.36. The summed E-state index contributed by atoms with van der Waals surface area (Å²) in [6.07, 6.45) is 1.09. The number of benzene rings is 1. The van der Waals surface area contributed by atoms with Gasteiger partial charge in [-0.3, -0.25) is 10.1 Å². The van der Waals surface area contributed by atoms with Crippen LogP contribution in [-0.4, -0.2) is 25.0 Å². The molecule has 0 saturated heterocycles. The van der Waals surface area contributed by atoms with Gasteiger partial charge in [0, 0.05) is 6.07 Å². The molecular formula is C12H14N2O6S. The zero-order valence-electron chi connectivity index (χ0n) is 11.2. The number of sulfonamides is 1. The molecule has 1 aliphatic rings. The molecule has 1 N–H and O–H groups in total. The number of nitrogens with zero attached hydrogens (tertiary/aromatic N) is 1. The second-order valence-corrected chi connectivity index (χ2v) is 6.67. The Labute approximate surface area is 121 Å². The first-order valence-electron chi connectivity index (χ1n) is 6.23. The van der Waals surface area contributed by atoms with Crippen LogP contribution in [0.3, 0.4) is 0 Å². The van der Waals surface area contributed by atoms with E-state index in [0.29, 0.717) is 12.8 Å². The molecule has 0 unspecified atom stereocenters. The molecule has 0 radical (unpaired) electrons. The van der Waals surface area contributed by atoms with Crippen LogP contribution in [-0.2, 0) is 14.8 Å². The summed E-state index contributed by atoms with van der Waals surface area (Å²) in [6, 6.07) is 4.77. The van der Waals surface area contributed by atoms with Crippen molar-refractivity contribution in [1.82, 2.24) is 4.72 Å². The van der Waals surface area contributed by atoms with E-state index >= 15 is 0 Å². The van der Waals surface area contributed by atoms with Crippen molar-refractivity contribution in [3.63, 3.8) is 0 Å².